The highest BCUT2D eigenvalue weighted by Crippen LogP contribution is 2.61. The Morgan fingerprint density at radius 2 is 1.85 bits per heavy atom. The number of amides is 1. The number of carbonyl (C=O) groups excluding carboxylic acids is 1. The minimum atomic E-state index is -0.823. The van der Waals surface area contributed by atoms with Crippen molar-refractivity contribution in [1.29, 1.82) is 0 Å². The highest BCUT2D eigenvalue weighted by Gasteiger charge is 2.57. The molecular weight excluding hydrogens is 624 g/mol. The molecule has 9 heteroatoms. The third-order valence-corrected chi connectivity index (χ3v) is 12.2. The van der Waals surface area contributed by atoms with Gasteiger partial charge in [-0.25, -0.2) is 0 Å². The number of aliphatic hydroxyl groups excluding tert-OH is 2. The summed E-state index contributed by atoms with van der Waals surface area (Å²) in [6.07, 6.45) is 2.89. The lowest BCUT2D eigenvalue weighted by atomic mass is 9.45. The SMILES string of the molecule is CCC[C@@H](CN(C)C)N(Cc1cccc(CN2O[C@@H](CO)[C@@H]([C@H](C)O)[C@H]2C(=O)N[C@H]2C[C@H]3C[C@@H]([C@@H]2C)C3(C)C)c1)Cc1ccccc1Cl. The molecule has 1 saturated heterocycles. The third-order valence-electron chi connectivity index (χ3n) is 11.8. The Labute approximate surface area is 293 Å². The summed E-state index contributed by atoms with van der Waals surface area (Å²) in [7, 11) is 4.25. The maximum absolute atomic E-state index is 14.1. The average molecular weight is 683 g/mol. The number of benzene rings is 2. The number of hydroxylamine groups is 2. The maximum Gasteiger partial charge on any atom is 0.240 e. The zero-order valence-corrected chi connectivity index (χ0v) is 30.9. The van der Waals surface area contributed by atoms with Gasteiger partial charge in [0.25, 0.3) is 0 Å². The Morgan fingerprint density at radius 3 is 2.48 bits per heavy atom. The van der Waals surface area contributed by atoms with Crippen molar-refractivity contribution in [3.05, 3.63) is 70.2 Å². The Kier molecular flexibility index (Phi) is 12.3. The Morgan fingerprint density at radius 1 is 1.12 bits per heavy atom. The number of likely N-dealkylation sites (N-methyl/N-ethyl adjacent to an activating group) is 1. The first-order valence-electron chi connectivity index (χ1n) is 18.1. The molecule has 0 spiro atoms. The van der Waals surface area contributed by atoms with E-state index in [9.17, 15) is 15.0 Å². The molecular formula is C39H59ClN4O4. The van der Waals surface area contributed by atoms with Crippen molar-refractivity contribution in [2.45, 2.75) is 110 Å². The molecule has 9 atom stereocenters. The lowest BCUT2D eigenvalue weighted by molar-refractivity contribution is -0.183. The number of nitrogens with one attached hydrogen (secondary N) is 1. The van der Waals surface area contributed by atoms with Gasteiger partial charge in [0.15, 0.2) is 0 Å². The lowest BCUT2D eigenvalue weighted by Crippen LogP contribution is -2.62. The molecule has 2 bridgehead atoms. The molecule has 3 aliphatic carbocycles. The maximum atomic E-state index is 14.1. The molecule has 0 radical (unpaired) electrons. The predicted octanol–water partition coefficient (Wildman–Crippen LogP) is 5.73. The Balaban J connectivity index is 1.35. The van der Waals surface area contributed by atoms with Gasteiger partial charge in [-0.1, -0.05) is 88.2 Å². The van der Waals surface area contributed by atoms with Crippen molar-refractivity contribution in [3.8, 4) is 0 Å². The van der Waals surface area contributed by atoms with Crippen LogP contribution in [-0.4, -0.2) is 88.6 Å². The van der Waals surface area contributed by atoms with Crippen molar-refractivity contribution in [3.63, 3.8) is 0 Å². The van der Waals surface area contributed by atoms with Crippen LogP contribution in [0, 0.1) is 29.1 Å². The molecule has 3 saturated carbocycles. The fourth-order valence-electron chi connectivity index (χ4n) is 9.03. The smallest absolute Gasteiger partial charge is 0.240 e. The molecule has 48 heavy (non-hydrogen) atoms. The minimum absolute atomic E-state index is 0.101. The Hall–Kier alpha value is -2.04. The van der Waals surface area contributed by atoms with E-state index in [2.05, 4.69) is 87.2 Å². The van der Waals surface area contributed by atoms with Crippen LogP contribution in [0.4, 0.5) is 0 Å². The summed E-state index contributed by atoms with van der Waals surface area (Å²) in [5.41, 5.74) is 3.62. The quantitative estimate of drug-likeness (QED) is 0.221. The molecule has 3 N–H and O–H groups in total. The molecule has 0 unspecified atom stereocenters. The standard InChI is InChI=1S/C39H59ClN4O4/c1-8-12-31(23-42(6)7)43(22-29-15-9-10-16-33(29)40)20-27-13-11-14-28(17-27)21-44-37(36(26(3)46)35(24-45)48-44)38(47)41-34-19-30-18-32(25(34)2)39(30,4)5/h9-11,13-17,25-26,30-32,34-37,45-46H,8,12,18-24H2,1-7H3,(H,41,47)/t25-,26-,30+,31-,32-,34-,35-,36+,37-/m0/s1. The van der Waals surface area contributed by atoms with Crippen molar-refractivity contribution in [2.75, 3.05) is 27.2 Å². The fraction of sp³-hybridized carbons (Fsp3) is 0.667. The van der Waals surface area contributed by atoms with E-state index >= 15 is 0 Å². The first-order chi connectivity index (χ1) is 22.8. The number of halogens is 1. The number of hydrogen-bond donors (Lipinski definition) is 3. The van der Waals surface area contributed by atoms with Crippen LogP contribution < -0.4 is 5.32 Å². The van der Waals surface area contributed by atoms with Crippen molar-refractivity contribution in [1.82, 2.24) is 20.2 Å². The van der Waals surface area contributed by atoms with Crippen molar-refractivity contribution < 1.29 is 19.8 Å². The number of aliphatic hydroxyl groups is 2. The van der Waals surface area contributed by atoms with Crippen LogP contribution in [0.5, 0.6) is 0 Å². The second-order valence-electron chi connectivity index (χ2n) is 15.8. The summed E-state index contributed by atoms with van der Waals surface area (Å²) in [6.45, 7) is 13.4. The lowest BCUT2D eigenvalue weighted by Gasteiger charge is -2.62. The molecule has 2 aromatic carbocycles. The van der Waals surface area contributed by atoms with Gasteiger partial charge in [-0.05, 0) is 86.2 Å². The first-order valence-corrected chi connectivity index (χ1v) is 18.4. The van der Waals surface area contributed by atoms with Gasteiger partial charge in [-0.2, -0.15) is 5.06 Å². The van der Waals surface area contributed by atoms with Gasteiger partial charge in [0.05, 0.1) is 19.3 Å². The van der Waals surface area contributed by atoms with Crippen molar-refractivity contribution in [2.24, 2.45) is 29.1 Å². The summed E-state index contributed by atoms with van der Waals surface area (Å²) in [5.74, 6) is 0.936. The Bertz CT molecular complexity index is 1370. The summed E-state index contributed by atoms with van der Waals surface area (Å²) >= 11 is 6.64. The molecule has 1 heterocycles. The third kappa shape index (κ3) is 8.12. The van der Waals surface area contributed by atoms with E-state index in [-0.39, 0.29) is 18.6 Å². The number of rotatable bonds is 15. The average Bonchev–Trinajstić information content (AvgIpc) is 3.40. The molecule has 0 aromatic heterocycles. The van der Waals surface area contributed by atoms with E-state index < -0.39 is 24.2 Å². The van der Waals surface area contributed by atoms with Crippen LogP contribution in [0.2, 0.25) is 5.02 Å². The van der Waals surface area contributed by atoms with E-state index in [1.54, 1.807) is 12.0 Å². The van der Waals surface area contributed by atoms with E-state index in [0.717, 1.165) is 55.0 Å². The second kappa shape index (κ2) is 15.9. The number of carbonyl (C=O) groups is 1. The largest absolute Gasteiger partial charge is 0.394 e. The molecule has 1 aliphatic heterocycles. The van der Waals surface area contributed by atoms with Gasteiger partial charge in [0, 0.05) is 42.7 Å². The van der Waals surface area contributed by atoms with Crippen molar-refractivity contribution >= 4 is 17.5 Å². The topological polar surface area (TPSA) is 88.5 Å². The van der Waals surface area contributed by atoms with E-state index in [0.29, 0.717) is 35.8 Å². The number of fused-ring (bicyclic) bond motifs is 2. The van der Waals surface area contributed by atoms with Gasteiger partial charge in [-0.3, -0.25) is 14.5 Å². The van der Waals surface area contributed by atoms with Gasteiger partial charge in [0.1, 0.15) is 12.1 Å². The van der Waals surface area contributed by atoms with Crippen LogP contribution in [-0.2, 0) is 29.3 Å². The monoisotopic (exact) mass is 682 g/mol. The van der Waals surface area contributed by atoms with Gasteiger partial charge >= 0.3 is 0 Å². The van der Waals surface area contributed by atoms with Gasteiger partial charge in [0.2, 0.25) is 5.91 Å². The van der Waals surface area contributed by atoms with E-state index in [1.807, 2.05) is 18.2 Å². The van der Waals surface area contributed by atoms with E-state index in [1.165, 1.54) is 12.0 Å². The molecule has 4 fully saturated rings. The van der Waals surface area contributed by atoms with Crippen LogP contribution in [0.3, 0.4) is 0 Å². The fourth-order valence-corrected chi connectivity index (χ4v) is 9.22. The molecule has 4 aliphatic rings. The number of hydrogen-bond acceptors (Lipinski definition) is 7. The summed E-state index contributed by atoms with van der Waals surface area (Å²) < 4.78 is 0. The van der Waals surface area contributed by atoms with Crippen LogP contribution >= 0.6 is 11.6 Å². The molecule has 1 amide bonds. The predicted molar refractivity (Wildman–Crippen MR) is 192 cm³/mol. The van der Waals surface area contributed by atoms with E-state index in [4.69, 9.17) is 16.4 Å². The van der Waals surface area contributed by atoms with Gasteiger partial charge in [-0.15, -0.1) is 0 Å². The van der Waals surface area contributed by atoms with Crippen LogP contribution in [0.15, 0.2) is 48.5 Å². The molecule has 6 rings (SSSR count). The minimum Gasteiger partial charge on any atom is -0.394 e. The molecule has 266 valence electrons. The zero-order chi connectivity index (χ0) is 34.7. The van der Waals surface area contributed by atoms with Crippen LogP contribution in [0.1, 0.15) is 77.0 Å². The highest BCUT2D eigenvalue weighted by molar-refractivity contribution is 6.31. The number of nitrogens with zero attached hydrogens (tertiary/aromatic N) is 3. The summed E-state index contributed by atoms with van der Waals surface area (Å²) in [6, 6.07) is 16.3. The second-order valence-corrected chi connectivity index (χ2v) is 16.2. The summed E-state index contributed by atoms with van der Waals surface area (Å²) in [5, 5.41) is 27.0. The van der Waals surface area contributed by atoms with Crippen LogP contribution in [0.25, 0.3) is 0 Å². The molecule has 2 aromatic rings. The molecule has 8 nitrogen and oxygen atoms in total. The normalized spacial score (nSPS) is 29.5. The highest BCUT2D eigenvalue weighted by atomic mass is 35.5. The van der Waals surface area contributed by atoms with Gasteiger partial charge < -0.3 is 20.4 Å². The zero-order valence-electron chi connectivity index (χ0n) is 30.1. The summed E-state index contributed by atoms with van der Waals surface area (Å²) in [4.78, 5) is 25.1. The first kappa shape index (κ1) is 37.2.